The minimum Gasteiger partial charge on any atom is -0.409 e. The topological polar surface area (TPSA) is 96.0 Å². The van der Waals surface area contributed by atoms with E-state index in [0.717, 1.165) is 19.3 Å². The number of sulfonamides is 1. The second-order valence-corrected chi connectivity index (χ2v) is 6.36. The van der Waals surface area contributed by atoms with E-state index in [-0.39, 0.29) is 11.6 Å². The summed E-state index contributed by atoms with van der Waals surface area (Å²) in [5.74, 6) is 0.128. The van der Waals surface area contributed by atoms with Gasteiger partial charge in [0.15, 0.2) is 5.84 Å². The first kappa shape index (κ1) is 14.2. The van der Waals surface area contributed by atoms with Gasteiger partial charge in [-0.05, 0) is 19.3 Å². The largest absolute Gasteiger partial charge is 0.409 e. The lowest BCUT2D eigenvalue weighted by Gasteiger charge is -2.33. The van der Waals surface area contributed by atoms with E-state index in [4.69, 9.17) is 10.9 Å². The third-order valence-corrected chi connectivity index (χ3v) is 4.98. The quantitative estimate of drug-likeness (QED) is 0.330. The number of nitrogens with zero attached hydrogens (tertiary/aromatic N) is 2. The van der Waals surface area contributed by atoms with E-state index < -0.39 is 16.1 Å². The minimum atomic E-state index is -3.29. The molecule has 7 heteroatoms. The fourth-order valence-corrected chi connectivity index (χ4v) is 3.94. The molecule has 1 atom stereocenters. The fourth-order valence-electron chi connectivity index (χ4n) is 2.04. The summed E-state index contributed by atoms with van der Waals surface area (Å²) in [4.78, 5) is 0. The van der Waals surface area contributed by atoms with E-state index in [2.05, 4.69) is 5.16 Å². The molecule has 0 aliphatic carbocycles. The van der Waals surface area contributed by atoms with Gasteiger partial charge in [0.1, 0.15) is 0 Å². The van der Waals surface area contributed by atoms with E-state index >= 15 is 0 Å². The first-order chi connectivity index (χ1) is 8.03. The Kier molecular flexibility index (Phi) is 5.20. The predicted molar refractivity (Wildman–Crippen MR) is 66.4 cm³/mol. The van der Waals surface area contributed by atoms with Crippen molar-refractivity contribution in [1.82, 2.24) is 4.31 Å². The maximum atomic E-state index is 12.1. The molecule has 0 aromatic rings. The van der Waals surface area contributed by atoms with Crippen LogP contribution in [0.1, 0.15) is 39.0 Å². The summed E-state index contributed by atoms with van der Waals surface area (Å²) >= 11 is 0. The molecule has 0 amide bonds. The van der Waals surface area contributed by atoms with Gasteiger partial charge in [-0.2, -0.15) is 4.31 Å². The number of hydrogen-bond donors (Lipinski definition) is 2. The van der Waals surface area contributed by atoms with E-state index in [9.17, 15) is 8.42 Å². The molecule has 1 aliphatic heterocycles. The molecule has 0 saturated carbocycles. The second-order valence-electron chi connectivity index (χ2n) is 4.32. The van der Waals surface area contributed by atoms with E-state index in [1.807, 2.05) is 6.92 Å². The van der Waals surface area contributed by atoms with Crippen LogP contribution >= 0.6 is 0 Å². The van der Waals surface area contributed by atoms with Crippen LogP contribution in [0.2, 0.25) is 0 Å². The maximum absolute atomic E-state index is 12.1. The highest BCUT2D eigenvalue weighted by molar-refractivity contribution is 7.89. The smallest absolute Gasteiger partial charge is 0.214 e. The lowest BCUT2D eigenvalue weighted by molar-refractivity contribution is 0.281. The molecule has 6 nitrogen and oxygen atoms in total. The maximum Gasteiger partial charge on any atom is 0.214 e. The Labute approximate surface area is 103 Å². The Morgan fingerprint density at radius 3 is 2.82 bits per heavy atom. The van der Waals surface area contributed by atoms with Gasteiger partial charge in [0.2, 0.25) is 10.0 Å². The average Bonchev–Trinajstić information content (AvgIpc) is 2.35. The molecule has 17 heavy (non-hydrogen) atoms. The van der Waals surface area contributed by atoms with Gasteiger partial charge in [-0.3, -0.25) is 0 Å². The Hall–Kier alpha value is -0.820. The Bertz CT molecular complexity index is 367. The zero-order chi connectivity index (χ0) is 12.9. The van der Waals surface area contributed by atoms with Gasteiger partial charge in [-0.25, -0.2) is 8.42 Å². The number of piperidine rings is 1. The molecule has 0 aromatic heterocycles. The standard InChI is InChI=1S/C10H21N3O3S/c1-2-3-8-17(15,16)13-7-5-4-6-9(13)10(11)12-14/h9,14H,2-8H2,1H3,(H2,11,12). The van der Waals surface area contributed by atoms with Crippen LogP contribution in [0.15, 0.2) is 5.16 Å². The van der Waals surface area contributed by atoms with Crippen molar-refractivity contribution in [2.24, 2.45) is 10.9 Å². The molecular weight excluding hydrogens is 242 g/mol. The van der Waals surface area contributed by atoms with Crippen molar-refractivity contribution in [3.63, 3.8) is 0 Å². The van der Waals surface area contributed by atoms with Gasteiger partial charge in [-0.15, -0.1) is 0 Å². The molecule has 100 valence electrons. The molecular formula is C10H21N3O3S. The minimum absolute atomic E-state index is 0.00947. The molecule has 0 bridgehead atoms. The van der Waals surface area contributed by atoms with Crippen LogP contribution in [0, 0.1) is 0 Å². The number of hydrogen-bond acceptors (Lipinski definition) is 4. The van der Waals surface area contributed by atoms with Crippen molar-refractivity contribution >= 4 is 15.9 Å². The molecule has 1 fully saturated rings. The van der Waals surface area contributed by atoms with Crippen LogP contribution in [0.25, 0.3) is 0 Å². The van der Waals surface area contributed by atoms with Crippen LogP contribution in [-0.2, 0) is 10.0 Å². The number of amidine groups is 1. The summed E-state index contributed by atoms with van der Waals surface area (Å²) in [7, 11) is -3.29. The molecule has 1 saturated heterocycles. The number of unbranched alkanes of at least 4 members (excludes halogenated alkanes) is 1. The number of oxime groups is 1. The summed E-state index contributed by atoms with van der Waals surface area (Å²) in [6.45, 7) is 2.42. The first-order valence-electron chi connectivity index (χ1n) is 6.00. The lowest BCUT2D eigenvalue weighted by Crippen LogP contribution is -2.51. The van der Waals surface area contributed by atoms with Crippen LogP contribution in [0.3, 0.4) is 0 Å². The zero-order valence-corrected chi connectivity index (χ0v) is 11.0. The summed E-state index contributed by atoms with van der Waals surface area (Å²) in [6.07, 6.45) is 3.84. The average molecular weight is 263 g/mol. The van der Waals surface area contributed by atoms with Crippen molar-refractivity contribution in [2.45, 2.75) is 45.1 Å². The second kappa shape index (κ2) is 6.20. The van der Waals surface area contributed by atoms with Crippen LogP contribution in [-0.4, -0.2) is 42.1 Å². The van der Waals surface area contributed by atoms with Gasteiger partial charge in [0.05, 0.1) is 11.8 Å². The molecule has 0 aromatic carbocycles. The highest BCUT2D eigenvalue weighted by atomic mass is 32.2. The molecule has 1 unspecified atom stereocenters. The normalized spacial score (nSPS) is 23.8. The molecule has 1 heterocycles. The van der Waals surface area contributed by atoms with Crippen molar-refractivity contribution in [3.8, 4) is 0 Å². The lowest BCUT2D eigenvalue weighted by atomic mass is 10.0. The van der Waals surface area contributed by atoms with Crippen molar-refractivity contribution in [1.29, 1.82) is 0 Å². The summed E-state index contributed by atoms with van der Waals surface area (Å²) in [5.41, 5.74) is 5.56. The molecule has 3 N–H and O–H groups in total. The highest BCUT2D eigenvalue weighted by Gasteiger charge is 2.34. The zero-order valence-electron chi connectivity index (χ0n) is 10.2. The summed E-state index contributed by atoms with van der Waals surface area (Å²) in [5, 5.41) is 11.6. The Morgan fingerprint density at radius 1 is 1.53 bits per heavy atom. The molecule has 0 radical (unpaired) electrons. The van der Waals surface area contributed by atoms with Gasteiger partial charge < -0.3 is 10.9 Å². The van der Waals surface area contributed by atoms with Crippen molar-refractivity contribution in [3.05, 3.63) is 0 Å². The third-order valence-electron chi connectivity index (χ3n) is 3.02. The molecule has 1 rings (SSSR count). The van der Waals surface area contributed by atoms with Gasteiger partial charge >= 0.3 is 0 Å². The Balaban J connectivity index is 2.84. The third kappa shape index (κ3) is 3.57. The predicted octanol–water partition coefficient (Wildman–Crippen LogP) is 0.717. The Morgan fingerprint density at radius 2 is 2.24 bits per heavy atom. The highest BCUT2D eigenvalue weighted by Crippen LogP contribution is 2.21. The van der Waals surface area contributed by atoms with Crippen LogP contribution < -0.4 is 5.73 Å². The van der Waals surface area contributed by atoms with E-state index in [1.54, 1.807) is 0 Å². The van der Waals surface area contributed by atoms with Crippen LogP contribution in [0.5, 0.6) is 0 Å². The van der Waals surface area contributed by atoms with Gasteiger partial charge in [-0.1, -0.05) is 24.9 Å². The van der Waals surface area contributed by atoms with E-state index in [1.165, 1.54) is 4.31 Å². The van der Waals surface area contributed by atoms with Crippen LogP contribution in [0.4, 0.5) is 0 Å². The number of nitrogens with two attached hydrogens (primary N) is 1. The van der Waals surface area contributed by atoms with Crippen molar-refractivity contribution < 1.29 is 13.6 Å². The van der Waals surface area contributed by atoms with E-state index in [0.29, 0.717) is 19.4 Å². The molecule has 0 spiro atoms. The summed E-state index contributed by atoms with van der Waals surface area (Å²) in [6, 6.07) is -0.476. The first-order valence-corrected chi connectivity index (χ1v) is 7.60. The number of rotatable bonds is 5. The SMILES string of the molecule is CCCCS(=O)(=O)N1CCCCC1C(N)=NO. The monoisotopic (exact) mass is 263 g/mol. The fraction of sp³-hybridized carbons (Fsp3) is 0.900. The van der Waals surface area contributed by atoms with Crippen molar-refractivity contribution in [2.75, 3.05) is 12.3 Å². The molecule has 1 aliphatic rings. The van der Waals surface area contributed by atoms with Gasteiger partial charge in [0, 0.05) is 6.54 Å². The van der Waals surface area contributed by atoms with Gasteiger partial charge in [0.25, 0.3) is 0 Å². The summed E-state index contributed by atoms with van der Waals surface area (Å²) < 4.78 is 25.6.